The molecule has 174 valence electrons. The van der Waals surface area contributed by atoms with Gasteiger partial charge in [0.05, 0.1) is 16.6 Å². The Hall–Kier alpha value is -2.65. The number of aromatic amines is 1. The van der Waals surface area contributed by atoms with E-state index in [1.807, 2.05) is 0 Å². The molecular formula is C23H31N3O5S. The van der Waals surface area contributed by atoms with E-state index < -0.39 is 21.9 Å². The van der Waals surface area contributed by atoms with E-state index in [2.05, 4.69) is 10.3 Å². The average Bonchev–Trinajstić information content (AvgIpc) is 3.03. The van der Waals surface area contributed by atoms with Crippen LogP contribution in [0.1, 0.15) is 70.8 Å². The van der Waals surface area contributed by atoms with Crippen LogP contribution in [0, 0.1) is 20.8 Å². The Morgan fingerprint density at radius 3 is 2.38 bits per heavy atom. The molecule has 0 saturated carbocycles. The molecule has 1 fully saturated rings. The Morgan fingerprint density at radius 2 is 1.75 bits per heavy atom. The fourth-order valence-corrected chi connectivity index (χ4v) is 5.44. The summed E-state index contributed by atoms with van der Waals surface area (Å²) in [7, 11) is -3.62. The number of hydrogen-bond donors (Lipinski definition) is 2. The minimum atomic E-state index is -3.62. The normalized spacial score (nSPS) is 15.1. The molecule has 0 spiro atoms. The highest BCUT2D eigenvalue weighted by molar-refractivity contribution is 7.89. The summed E-state index contributed by atoms with van der Waals surface area (Å²) in [5, 5.41) is 2.80. The standard InChI is InChI=1S/C23H31N3O5S/c1-14(2)31-23(28)20-16(4)21(24-17(20)5)22(27)25-19-13-18(10-9-15(19)3)32(29,30)26-11-7-6-8-12-26/h9-10,13-14,24H,6-8,11-12H2,1-5H3,(H,25,27). The third-order valence-corrected chi connectivity index (χ3v) is 7.52. The van der Waals surface area contributed by atoms with Crippen LogP contribution in [0.4, 0.5) is 5.69 Å². The maximum Gasteiger partial charge on any atom is 0.340 e. The molecule has 8 nitrogen and oxygen atoms in total. The molecule has 9 heteroatoms. The second-order valence-corrected chi connectivity index (χ2v) is 10.4. The highest BCUT2D eigenvalue weighted by atomic mass is 32.2. The Morgan fingerprint density at radius 1 is 1.09 bits per heavy atom. The largest absolute Gasteiger partial charge is 0.459 e. The number of benzene rings is 1. The number of rotatable bonds is 6. The number of aromatic nitrogens is 1. The van der Waals surface area contributed by atoms with Crippen LogP contribution in [-0.4, -0.2) is 48.8 Å². The minimum Gasteiger partial charge on any atom is -0.459 e. The molecule has 32 heavy (non-hydrogen) atoms. The van der Waals surface area contributed by atoms with Crippen LogP contribution in [-0.2, 0) is 14.8 Å². The van der Waals surface area contributed by atoms with Gasteiger partial charge in [0.15, 0.2) is 0 Å². The summed E-state index contributed by atoms with van der Waals surface area (Å²) in [6.45, 7) is 9.72. The summed E-state index contributed by atoms with van der Waals surface area (Å²) in [5.74, 6) is -0.944. The summed E-state index contributed by atoms with van der Waals surface area (Å²) < 4.78 is 32.8. The van der Waals surface area contributed by atoms with Crippen molar-refractivity contribution in [1.82, 2.24) is 9.29 Å². The average molecular weight is 462 g/mol. The lowest BCUT2D eigenvalue weighted by Crippen LogP contribution is -2.35. The van der Waals surface area contributed by atoms with Gasteiger partial charge in [-0.25, -0.2) is 13.2 Å². The molecule has 1 saturated heterocycles. The Labute approximate surface area is 189 Å². The number of hydrogen-bond acceptors (Lipinski definition) is 5. The van der Waals surface area contributed by atoms with Crippen molar-refractivity contribution >= 4 is 27.6 Å². The number of sulfonamides is 1. The van der Waals surface area contributed by atoms with Gasteiger partial charge in [-0.15, -0.1) is 0 Å². The summed E-state index contributed by atoms with van der Waals surface area (Å²) >= 11 is 0. The molecule has 0 bridgehead atoms. The molecule has 0 unspecified atom stereocenters. The lowest BCUT2D eigenvalue weighted by Gasteiger charge is -2.26. The van der Waals surface area contributed by atoms with E-state index in [0.717, 1.165) is 24.8 Å². The fourth-order valence-electron chi connectivity index (χ4n) is 3.89. The van der Waals surface area contributed by atoms with Crippen LogP contribution >= 0.6 is 0 Å². The summed E-state index contributed by atoms with van der Waals surface area (Å²) in [5.41, 5.74) is 2.74. The maximum atomic E-state index is 13.0. The van der Waals surface area contributed by atoms with Crippen molar-refractivity contribution in [2.75, 3.05) is 18.4 Å². The van der Waals surface area contributed by atoms with E-state index in [1.54, 1.807) is 46.8 Å². The molecule has 3 rings (SSSR count). The Balaban J connectivity index is 1.87. The number of nitrogens with one attached hydrogen (secondary N) is 2. The Kier molecular flexibility index (Phi) is 7.09. The minimum absolute atomic E-state index is 0.154. The SMILES string of the molecule is Cc1ccc(S(=O)(=O)N2CCCCC2)cc1NC(=O)c1[nH]c(C)c(C(=O)OC(C)C)c1C. The highest BCUT2D eigenvalue weighted by Crippen LogP contribution is 2.26. The number of nitrogens with zero attached hydrogens (tertiary/aromatic N) is 1. The van der Waals surface area contributed by atoms with Crippen LogP contribution in [0.25, 0.3) is 0 Å². The zero-order valence-electron chi connectivity index (χ0n) is 19.2. The van der Waals surface area contributed by atoms with Crippen molar-refractivity contribution in [1.29, 1.82) is 0 Å². The first-order chi connectivity index (χ1) is 15.0. The van der Waals surface area contributed by atoms with E-state index in [9.17, 15) is 18.0 Å². The third-order valence-electron chi connectivity index (χ3n) is 5.62. The van der Waals surface area contributed by atoms with E-state index in [1.165, 1.54) is 10.4 Å². The van der Waals surface area contributed by atoms with Crippen LogP contribution in [0.3, 0.4) is 0 Å². The van der Waals surface area contributed by atoms with Gasteiger partial charge in [0.1, 0.15) is 5.69 Å². The molecule has 2 aromatic rings. The maximum absolute atomic E-state index is 13.0. The number of amides is 1. The number of carbonyl (C=O) groups excluding carboxylic acids is 2. The number of anilines is 1. The molecule has 1 aromatic heterocycles. The molecule has 0 aliphatic carbocycles. The highest BCUT2D eigenvalue weighted by Gasteiger charge is 2.27. The number of H-pyrrole nitrogens is 1. The molecule has 1 aliphatic rings. The van der Waals surface area contributed by atoms with E-state index in [4.69, 9.17) is 4.74 Å². The van der Waals surface area contributed by atoms with Crippen LogP contribution < -0.4 is 5.32 Å². The molecule has 0 atom stereocenters. The van der Waals surface area contributed by atoms with Gasteiger partial charge in [-0.1, -0.05) is 12.5 Å². The Bertz CT molecular complexity index is 1130. The lowest BCUT2D eigenvalue weighted by atomic mass is 10.1. The predicted octanol–water partition coefficient (Wildman–Crippen LogP) is 3.93. The number of carbonyl (C=O) groups is 2. The topological polar surface area (TPSA) is 109 Å². The molecular weight excluding hydrogens is 430 g/mol. The molecule has 1 aliphatic heterocycles. The third kappa shape index (κ3) is 4.88. The van der Waals surface area contributed by atoms with Crippen molar-refractivity contribution in [3.05, 3.63) is 46.3 Å². The van der Waals surface area contributed by atoms with Gasteiger partial charge in [-0.2, -0.15) is 4.31 Å². The van der Waals surface area contributed by atoms with Gasteiger partial charge in [0.25, 0.3) is 5.91 Å². The quantitative estimate of drug-likeness (QED) is 0.634. The van der Waals surface area contributed by atoms with Crippen LogP contribution in [0.5, 0.6) is 0 Å². The molecule has 1 aromatic carbocycles. The van der Waals surface area contributed by atoms with E-state index in [-0.39, 0.29) is 16.7 Å². The lowest BCUT2D eigenvalue weighted by molar-refractivity contribution is 0.0376. The monoisotopic (exact) mass is 461 g/mol. The smallest absolute Gasteiger partial charge is 0.340 e. The van der Waals surface area contributed by atoms with E-state index >= 15 is 0 Å². The zero-order valence-corrected chi connectivity index (χ0v) is 20.1. The predicted molar refractivity (Wildman–Crippen MR) is 123 cm³/mol. The van der Waals surface area contributed by atoms with Gasteiger partial charge < -0.3 is 15.0 Å². The van der Waals surface area contributed by atoms with Crippen LogP contribution in [0.2, 0.25) is 0 Å². The number of aryl methyl sites for hydroxylation is 2. The number of ether oxygens (including phenoxy) is 1. The van der Waals surface area contributed by atoms with Gasteiger partial charge in [-0.3, -0.25) is 4.79 Å². The first kappa shape index (κ1) is 24.0. The number of piperidine rings is 1. The molecule has 2 N–H and O–H groups in total. The van der Waals surface area contributed by atoms with Gasteiger partial charge in [0.2, 0.25) is 10.0 Å². The van der Waals surface area contributed by atoms with Crippen molar-refractivity contribution in [2.24, 2.45) is 0 Å². The van der Waals surface area contributed by atoms with Crippen molar-refractivity contribution < 1.29 is 22.7 Å². The fraction of sp³-hybridized carbons (Fsp3) is 0.478. The molecule has 0 radical (unpaired) electrons. The van der Waals surface area contributed by atoms with Gasteiger partial charge >= 0.3 is 5.97 Å². The summed E-state index contributed by atoms with van der Waals surface area (Å²) in [6.07, 6.45) is 2.45. The van der Waals surface area contributed by atoms with Crippen LogP contribution in [0.15, 0.2) is 23.1 Å². The van der Waals surface area contributed by atoms with Crippen molar-refractivity contribution in [3.8, 4) is 0 Å². The number of esters is 1. The first-order valence-electron chi connectivity index (χ1n) is 10.8. The first-order valence-corrected chi connectivity index (χ1v) is 12.3. The van der Waals surface area contributed by atoms with Gasteiger partial charge in [-0.05, 0) is 70.7 Å². The van der Waals surface area contributed by atoms with E-state index in [0.29, 0.717) is 35.6 Å². The summed E-state index contributed by atoms with van der Waals surface area (Å²) in [4.78, 5) is 28.5. The van der Waals surface area contributed by atoms with Crippen molar-refractivity contribution in [2.45, 2.75) is 64.9 Å². The summed E-state index contributed by atoms with van der Waals surface area (Å²) in [6, 6.07) is 4.75. The van der Waals surface area contributed by atoms with Gasteiger partial charge in [0, 0.05) is 24.5 Å². The van der Waals surface area contributed by atoms with Crippen molar-refractivity contribution in [3.63, 3.8) is 0 Å². The molecule has 2 heterocycles. The zero-order chi connectivity index (χ0) is 23.6. The second kappa shape index (κ2) is 9.46. The molecule has 1 amide bonds. The second-order valence-electron chi connectivity index (χ2n) is 8.47.